The number of benzene rings is 3. The van der Waals surface area contributed by atoms with Crippen LogP contribution in [0.2, 0.25) is 0 Å². The highest BCUT2D eigenvalue weighted by molar-refractivity contribution is 5.87. The zero-order chi connectivity index (χ0) is 21.0. The molecule has 0 unspecified atom stereocenters. The minimum Gasteiger partial charge on any atom is -0.462 e. The van der Waals surface area contributed by atoms with Crippen molar-refractivity contribution in [3.8, 4) is 17.2 Å². The van der Waals surface area contributed by atoms with Crippen LogP contribution in [0.25, 0.3) is 6.08 Å². The number of rotatable bonds is 9. The van der Waals surface area contributed by atoms with Gasteiger partial charge in [0.2, 0.25) is 0 Å². The number of ether oxygens (including phenoxy) is 3. The van der Waals surface area contributed by atoms with E-state index in [1.54, 1.807) is 18.4 Å². The standard InChI is InChI=1S/C26H24O4/c1-2-18-28-25-20-22(13-15-24(25)30-23-11-7-4-8-12-23)14-16-26(27)29-19-17-21-9-5-3-6-10-21/h2-16,18,20H,17,19H2,1H3/b16-14-,18-2+. The molecule has 0 fully saturated rings. The zero-order valence-electron chi connectivity index (χ0n) is 16.9. The lowest BCUT2D eigenvalue weighted by Gasteiger charge is -2.11. The number of hydrogen-bond acceptors (Lipinski definition) is 4. The first-order valence-electron chi connectivity index (χ1n) is 9.78. The fourth-order valence-corrected chi connectivity index (χ4v) is 2.69. The Balaban J connectivity index is 1.62. The average molecular weight is 400 g/mol. The third-order valence-electron chi connectivity index (χ3n) is 4.16. The fourth-order valence-electron chi connectivity index (χ4n) is 2.69. The van der Waals surface area contributed by atoms with Gasteiger partial charge in [-0.1, -0.05) is 60.7 Å². The summed E-state index contributed by atoms with van der Waals surface area (Å²) in [5.74, 6) is 1.47. The Morgan fingerprint density at radius 2 is 1.63 bits per heavy atom. The molecule has 152 valence electrons. The summed E-state index contributed by atoms with van der Waals surface area (Å²) in [6.07, 6.45) is 7.17. The SMILES string of the molecule is C/C=C/Oc1cc(/C=C\C(=O)OCCc2ccccc2)ccc1Oc1ccccc1. The van der Waals surface area contributed by atoms with E-state index in [0.717, 1.165) is 11.1 Å². The Morgan fingerprint density at radius 3 is 2.37 bits per heavy atom. The molecule has 0 atom stereocenters. The topological polar surface area (TPSA) is 44.8 Å². The highest BCUT2D eigenvalue weighted by Gasteiger charge is 2.07. The van der Waals surface area contributed by atoms with Gasteiger partial charge < -0.3 is 14.2 Å². The van der Waals surface area contributed by atoms with E-state index in [2.05, 4.69) is 0 Å². The Hall–Kier alpha value is -3.79. The van der Waals surface area contributed by atoms with E-state index in [-0.39, 0.29) is 5.97 Å². The molecule has 0 heterocycles. The Bertz CT molecular complexity index is 992. The molecular weight excluding hydrogens is 376 g/mol. The van der Waals surface area contributed by atoms with Crippen molar-refractivity contribution in [2.75, 3.05) is 6.61 Å². The second kappa shape index (κ2) is 11.3. The van der Waals surface area contributed by atoms with Crippen LogP contribution in [0.1, 0.15) is 18.1 Å². The van der Waals surface area contributed by atoms with Crippen LogP contribution in [0.15, 0.2) is 97.3 Å². The molecule has 3 aromatic rings. The predicted molar refractivity (Wildman–Crippen MR) is 119 cm³/mol. The Labute approximate surface area is 177 Å². The number of carbonyl (C=O) groups is 1. The van der Waals surface area contributed by atoms with Crippen LogP contribution < -0.4 is 9.47 Å². The maximum absolute atomic E-state index is 12.0. The van der Waals surface area contributed by atoms with Crippen molar-refractivity contribution >= 4 is 12.0 Å². The van der Waals surface area contributed by atoms with Crippen LogP contribution in [0.5, 0.6) is 17.2 Å². The molecule has 0 spiro atoms. The van der Waals surface area contributed by atoms with Gasteiger partial charge in [-0.05, 0) is 48.4 Å². The lowest BCUT2D eigenvalue weighted by atomic mass is 10.2. The van der Waals surface area contributed by atoms with Gasteiger partial charge in [-0.2, -0.15) is 0 Å². The smallest absolute Gasteiger partial charge is 0.330 e. The van der Waals surface area contributed by atoms with E-state index < -0.39 is 0 Å². The summed E-state index contributed by atoms with van der Waals surface area (Å²) in [4.78, 5) is 12.0. The summed E-state index contributed by atoms with van der Waals surface area (Å²) in [6, 6.07) is 24.9. The maximum Gasteiger partial charge on any atom is 0.330 e. The molecule has 0 aliphatic carbocycles. The van der Waals surface area contributed by atoms with Crippen molar-refractivity contribution in [1.29, 1.82) is 0 Å². The summed E-state index contributed by atoms with van der Waals surface area (Å²) in [7, 11) is 0. The normalized spacial score (nSPS) is 11.0. The first-order chi connectivity index (χ1) is 14.7. The number of allylic oxidation sites excluding steroid dienone is 1. The molecule has 0 aromatic heterocycles. The molecule has 0 bridgehead atoms. The molecule has 30 heavy (non-hydrogen) atoms. The summed E-state index contributed by atoms with van der Waals surface area (Å²) >= 11 is 0. The average Bonchev–Trinajstić information content (AvgIpc) is 2.79. The zero-order valence-corrected chi connectivity index (χ0v) is 16.9. The van der Waals surface area contributed by atoms with Gasteiger partial charge in [-0.15, -0.1) is 0 Å². The molecule has 0 amide bonds. The van der Waals surface area contributed by atoms with Crippen molar-refractivity contribution in [3.63, 3.8) is 0 Å². The summed E-state index contributed by atoms with van der Waals surface area (Å²) in [5, 5.41) is 0. The Morgan fingerprint density at radius 1 is 0.900 bits per heavy atom. The van der Waals surface area contributed by atoms with Gasteiger partial charge in [0.1, 0.15) is 5.75 Å². The van der Waals surface area contributed by atoms with Crippen LogP contribution in [0.4, 0.5) is 0 Å². The third kappa shape index (κ3) is 6.67. The van der Waals surface area contributed by atoms with E-state index in [1.165, 1.54) is 6.08 Å². The van der Waals surface area contributed by atoms with E-state index >= 15 is 0 Å². The third-order valence-corrected chi connectivity index (χ3v) is 4.16. The fraction of sp³-hybridized carbons (Fsp3) is 0.115. The maximum atomic E-state index is 12.0. The molecule has 0 saturated heterocycles. The molecule has 0 aliphatic rings. The number of esters is 1. The lowest BCUT2D eigenvalue weighted by molar-refractivity contribution is -0.137. The van der Waals surface area contributed by atoms with Gasteiger partial charge in [0.05, 0.1) is 12.9 Å². The van der Waals surface area contributed by atoms with E-state index in [9.17, 15) is 4.79 Å². The van der Waals surface area contributed by atoms with Crippen molar-refractivity contribution in [2.45, 2.75) is 13.3 Å². The minimum atomic E-state index is -0.383. The number of para-hydroxylation sites is 1. The highest BCUT2D eigenvalue weighted by atomic mass is 16.5. The van der Waals surface area contributed by atoms with Gasteiger partial charge in [0.15, 0.2) is 11.5 Å². The molecular formula is C26H24O4. The van der Waals surface area contributed by atoms with Crippen LogP contribution >= 0.6 is 0 Å². The van der Waals surface area contributed by atoms with Crippen molar-refractivity contribution in [3.05, 3.63) is 108 Å². The second-order valence-corrected chi connectivity index (χ2v) is 6.44. The van der Waals surface area contributed by atoms with Crippen LogP contribution in [0, 0.1) is 0 Å². The highest BCUT2D eigenvalue weighted by Crippen LogP contribution is 2.33. The van der Waals surface area contributed by atoms with Crippen LogP contribution in [-0.4, -0.2) is 12.6 Å². The van der Waals surface area contributed by atoms with E-state index in [1.807, 2.05) is 85.8 Å². The van der Waals surface area contributed by atoms with Crippen molar-refractivity contribution < 1.29 is 19.0 Å². The summed E-state index contributed by atoms with van der Waals surface area (Å²) in [5.41, 5.74) is 1.93. The predicted octanol–water partition coefficient (Wildman–Crippen LogP) is 6.19. The van der Waals surface area contributed by atoms with Gasteiger partial charge in [-0.3, -0.25) is 0 Å². The van der Waals surface area contributed by atoms with Gasteiger partial charge in [0.25, 0.3) is 0 Å². The first-order valence-corrected chi connectivity index (χ1v) is 9.78. The summed E-state index contributed by atoms with van der Waals surface area (Å²) in [6.45, 7) is 2.21. The molecule has 0 aliphatic heterocycles. The molecule has 0 N–H and O–H groups in total. The van der Waals surface area contributed by atoms with Crippen molar-refractivity contribution in [1.82, 2.24) is 0 Å². The molecule has 0 radical (unpaired) electrons. The quantitative estimate of drug-likeness (QED) is 0.244. The van der Waals surface area contributed by atoms with Gasteiger partial charge in [0, 0.05) is 12.5 Å². The largest absolute Gasteiger partial charge is 0.462 e. The molecule has 4 heteroatoms. The molecule has 3 aromatic carbocycles. The van der Waals surface area contributed by atoms with Crippen LogP contribution in [0.3, 0.4) is 0 Å². The molecule has 4 nitrogen and oxygen atoms in total. The minimum absolute atomic E-state index is 0.340. The van der Waals surface area contributed by atoms with Gasteiger partial charge in [-0.25, -0.2) is 4.79 Å². The molecule has 3 rings (SSSR count). The number of hydrogen-bond donors (Lipinski definition) is 0. The van der Waals surface area contributed by atoms with Gasteiger partial charge >= 0.3 is 5.97 Å². The summed E-state index contributed by atoms with van der Waals surface area (Å²) < 4.78 is 16.8. The van der Waals surface area contributed by atoms with E-state index in [0.29, 0.717) is 30.3 Å². The Kier molecular flexibility index (Phi) is 7.86. The lowest BCUT2D eigenvalue weighted by Crippen LogP contribution is -2.04. The number of carbonyl (C=O) groups excluding carboxylic acids is 1. The first kappa shape index (κ1) is 20.9. The second-order valence-electron chi connectivity index (χ2n) is 6.44. The molecule has 0 saturated carbocycles. The van der Waals surface area contributed by atoms with Crippen LogP contribution in [-0.2, 0) is 16.0 Å². The van der Waals surface area contributed by atoms with Crippen molar-refractivity contribution in [2.24, 2.45) is 0 Å². The van der Waals surface area contributed by atoms with E-state index in [4.69, 9.17) is 14.2 Å². The monoisotopic (exact) mass is 400 g/mol.